The molecule has 0 radical (unpaired) electrons. The van der Waals surface area contributed by atoms with Gasteiger partial charge in [0.1, 0.15) is 17.1 Å². The van der Waals surface area contributed by atoms with Gasteiger partial charge in [0.2, 0.25) is 0 Å². The smallest absolute Gasteiger partial charge is 0.410 e. The Morgan fingerprint density at radius 2 is 1.59 bits per heavy atom. The van der Waals surface area contributed by atoms with Crippen molar-refractivity contribution in [1.29, 1.82) is 0 Å². The minimum atomic E-state index is -0.429. The Morgan fingerprint density at radius 1 is 0.927 bits per heavy atom. The van der Waals surface area contributed by atoms with E-state index in [1.807, 2.05) is 56.0 Å². The van der Waals surface area contributed by atoms with E-state index in [1.165, 1.54) is 32.1 Å². The largest absolute Gasteiger partial charge is 0.497 e. The first-order chi connectivity index (χ1) is 19.6. The second-order valence-electron chi connectivity index (χ2n) is 12.6. The van der Waals surface area contributed by atoms with Gasteiger partial charge < -0.3 is 35.1 Å². The standard InChI is InChI=1S/C33H50N4O4/c1-33(2,3)41-32(38)37-19-15-25(16-20-37)8-6-7-24-13-17-36(18-14-24)30-21-27(10-12-29(30)34)35-23-26-9-11-28(39-4)22-31(26)40-5/h9-12,21-22,24-25,35H,6-8,13-20,23,34H2,1-5H3. The summed E-state index contributed by atoms with van der Waals surface area (Å²) in [4.78, 5) is 16.6. The van der Waals surface area contributed by atoms with Crippen LogP contribution in [0.3, 0.4) is 0 Å². The minimum Gasteiger partial charge on any atom is -0.497 e. The lowest BCUT2D eigenvalue weighted by Gasteiger charge is -2.35. The van der Waals surface area contributed by atoms with Crippen molar-refractivity contribution in [1.82, 2.24) is 4.90 Å². The van der Waals surface area contributed by atoms with Gasteiger partial charge in [0.05, 0.1) is 25.6 Å². The van der Waals surface area contributed by atoms with E-state index in [2.05, 4.69) is 16.3 Å². The summed E-state index contributed by atoms with van der Waals surface area (Å²) >= 11 is 0. The monoisotopic (exact) mass is 566 g/mol. The number of nitrogens with one attached hydrogen (secondary N) is 1. The zero-order valence-corrected chi connectivity index (χ0v) is 25.7. The SMILES string of the molecule is COc1ccc(CNc2ccc(N)c(N3CCC(CCCC4CCN(C(=O)OC(C)(C)C)CC4)CC3)c2)c(OC)c1. The van der Waals surface area contributed by atoms with E-state index >= 15 is 0 Å². The Morgan fingerprint density at radius 3 is 2.20 bits per heavy atom. The van der Waals surface area contributed by atoms with Gasteiger partial charge in [0.15, 0.2) is 0 Å². The van der Waals surface area contributed by atoms with Crippen LogP contribution in [0.5, 0.6) is 11.5 Å². The fraction of sp³-hybridized carbons (Fsp3) is 0.606. The highest BCUT2D eigenvalue weighted by molar-refractivity contribution is 5.73. The molecular weight excluding hydrogens is 516 g/mol. The fourth-order valence-corrected chi connectivity index (χ4v) is 6.01. The van der Waals surface area contributed by atoms with Gasteiger partial charge in [-0.25, -0.2) is 4.79 Å². The number of carbonyl (C=O) groups excluding carboxylic acids is 1. The van der Waals surface area contributed by atoms with Crippen molar-refractivity contribution in [3.8, 4) is 11.5 Å². The van der Waals surface area contributed by atoms with Crippen molar-refractivity contribution in [2.45, 2.75) is 77.9 Å². The Bertz CT molecular complexity index is 1130. The summed E-state index contributed by atoms with van der Waals surface area (Å²) in [6, 6.07) is 12.1. The second-order valence-corrected chi connectivity index (χ2v) is 12.6. The number of ether oxygens (including phenoxy) is 3. The van der Waals surface area contributed by atoms with Crippen molar-refractivity contribution in [2.75, 3.05) is 56.3 Å². The molecule has 2 fully saturated rings. The molecule has 0 spiro atoms. The third-order valence-electron chi connectivity index (χ3n) is 8.45. The lowest BCUT2D eigenvalue weighted by molar-refractivity contribution is 0.0180. The molecule has 2 aliphatic heterocycles. The topological polar surface area (TPSA) is 89.3 Å². The van der Waals surface area contributed by atoms with E-state index in [0.717, 1.165) is 85.0 Å². The van der Waals surface area contributed by atoms with Gasteiger partial charge in [0, 0.05) is 50.0 Å². The summed E-state index contributed by atoms with van der Waals surface area (Å²) in [5.74, 6) is 3.09. The lowest BCUT2D eigenvalue weighted by atomic mass is 9.87. The highest BCUT2D eigenvalue weighted by atomic mass is 16.6. The van der Waals surface area contributed by atoms with Crippen LogP contribution in [0.2, 0.25) is 0 Å². The molecule has 8 heteroatoms. The normalized spacial score (nSPS) is 16.9. The van der Waals surface area contributed by atoms with E-state index in [4.69, 9.17) is 19.9 Å². The molecule has 0 saturated carbocycles. The van der Waals surface area contributed by atoms with Crippen molar-refractivity contribution in [3.05, 3.63) is 42.0 Å². The van der Waals surface area contributed by atoms with Gasteiger partial charge in [0.25, 0.3) is 0 Å². The summed E-state index contributed by atoms with van der Waals surface area (Å²) in [5, 5.41) is 3.53. The first-order valence-electron chi connectivity index (χ1n) is 15.2. The molecule has 2 heterocycles. The van der Waals surface area contributed by atoms with Gasteiger partial charge in [-0.3, -0.25) is 0 Å². The van der Waals surface area contributed by atoms with E-state index < -0.39 is 5.60 Å². The van der Waals surface area contributed by atoms with Crippen LogP contribution in [-0.4, -0.2) is 57.0 Å². The molecule has 3 N–H and O–H groups in total. The van der Waals surface area contributed by atoms with Crippen LogP contribution in [0, 0.1) is 11.8 Å². The number of methoxy groups -OCH3 is 2. The van der Waals surface area contributed by atoms with Crippen molar-refractivity contribution >= 4 is 23.2 Å². The predicted molar refractivity (Wildman–Crippen MR) is 167 cm³/mol. The maximum atomic E-state index is 12.3. The fourth-order valence-electron chi connectivity index (χ4n) is 6.01. The van der Waals surface area contributed by atoms with Gasteiger partial charge in [-0.05, 0) is 88.6 Å². The van der Waals surface area contributed by atoms with Gasteiger partial charge >= 0.3 is 6.09 Å². The summed E-state index contributed by atoms with van der Waals surface area (Å²) < 4.78 is 16.4. The molecular formula is C33H50N4O4. The lowest BCUT2D eigenvalue weighted by Crippen LogP contribution is -2.41. The average molecular weight is 567 g/mol. The maximum Gasteiger partial charge on any atom is 0.410 e. The van der Waals surface area contributed by atoms with Gasteiger partial charge in [-0.15, -0.1) is 0 Å². The van der Waals surface area contributed by atoms with E-state index in [-0.39, 0.29) is 6.09 Å². The van der Waals surface area contributed by atoms with Crippen molar-refractivity contribution in [3.63, 3.8) is 0 Å². The number of hydrogen-bond acceptors (Lipinski definition) is 7. The molecule has 2 aromatic rings. The molecule has 0 aromatic heterocycles. The van der Waals surface area contributed by atoms with Crippen LogP contribution in [0.25, 0.3) is 0 Å². The zero-order chi connectivity index (χ0) is 29.4. The Kier molecular flexibility index (Phi) is 10.5. The third kappa shape index (κ3) is 8.85. The number of benzene rings is 2. The van der Waals surface area contributed by atoms with Crippen LogP contribution in [-0.2, 0) is 11.3 Å². The Labute approximate surface area is 246 Å². The number of nitrogens with two attached hydrogens (primary N) is 1. The van der Waals surface area contributed by atoms with E-state index in [0.29, 0.717) is 6.54 Å². The molecule has 4 rings (SSSR count). The van der Waals surface area contributed by atoms with Crippen molar-refractivity contribution < 1.29 is 19.0 Å². The summed E-state index contributed by atoms with van der Waals surface area (Å²) in [6.45, 7) is 10.1. The molecule has 0 atom stereocenters. The minimum absolute atomic E-state index is 0.165. The number of rotatable bonds is 10. The molecule has 1 amide bonds. The second kappa shape index (κ2) is 14.1. The van der Waals surface area contributed by atoms with Crippen LogP contribution in [0.15, 0.2) is 36.4 Å². The summed E-state index contributed by atoms with van der Waals surface area (Å²) in [6.07, 6.45) is 8.26. The molecule has 0 bridgehead atoms. The van der Waals surface area contributed by atoms with Gasteiger partial charge in [-0.1, -0.05) is 19.3 Å². The molecule has 2 aliphatic rings. The quantitative estimate of drug-likeness (QED) is 0.301. The average Bonchev–Trinajstić information content (AvgIpc) is 2.96. The molecule has 2 saturated heterocycles. The third-order valence-corrected chi connectivity index (χ3v) is 8.45. The number of nitrogen functional groups attached to an aromatic ring is 1. The summed E-state index contributed by atoms with van der Waals surface area (Å²) in [7, 11) is 3.34. The maximum absolute atomic E-state index is 12.3. The molecule has 0 unspecified atom stereocenters. The van der Waals surface area contributed by atoms with Crippen LogP contribution in [0.4, 0.5) is 21.9 Å². The van der Waals surface area contributed by atoms with E-state index in [1.54, 1.807) is 14.2 Å². The van der Waals surface area contributed by atoms with Crippen LogP contribution in [0.1, 0.15) is 71.3 Å². The van der Waals surface area contributed by atoms with Gasteiger partial charge in [-0.2, -0.15) is 0 Å². The number of piperidine rings is 2. The van der Waals surface area contributed by atoms with E-state index in [9.17, 15) is 4.79 Å². The first-order valence-corrected chi connectivity index (χ1v) is 15.2. The Balaban J connectivity index is 1.19. The molecule has 41 heavy (non-hydrogen) atoms. The number of likely N-dealkylation sites (tertiary alicyclic amines) is 1. The highest BCUT2D eigenvalue weighted by Gasteiger charge is 2.27. The number of hydrogen-bond donors (Lipinski definition) is 2. The first kappa shape index (κ1) is 30.7. The van der Waals surface area contributed by atoms with Crippen molar-refractivity contribution in [2.24, 2.45) is 11.8 Å². The number of amides is 1. The molecule has 226 valence electrons. The molecule has 8 nitrogen and oxygen atoms in total. The number of carbonyl (C=O) groups is 1. The molecule has 0 aliphatic carbocycles. The summed E-state index contributed by atoms with van der Waals surface area (Å²) in [5.41, 5.74) is 10.1. The number of anilines is 3. The highest BCUT2D eigenvalue weighted by Crippen LogP contribution is 2.34. The number of nitrogens with zero attached hydrogens (tertiary/aromatic N) is 2. The molecule has 2 aromatic carbocycles. The van der Waals surface area contributed by atoms with Crippen LogP contribution >= 0.6 is 0 Å². The zero-order valence-electron chi connectivity index (χ0n) is 25.7. The Hall–Kier alpha value is -3.29. The van der Waals surface area contributed by atoms with Crippen LogP contribution < -0.4 is 25.4 Å². The predicted octanol–water partition coefficient (Wildman–Crippen LogP) is 6.93.